The van der Waals surface area contributed by atoms with Gasteiger partial charge in [0.2, 0.25) is 0 Å². The zero-order chi connectivity index (χ0) is 10.3. The molecule has 1 N–H and O–H groups in total. The summed E-state index contributed by atoms with van der Waals surface area (Å²) >= 11 is 0. The van der Waals surface area contributed by atoms with Gasteiger partial charge in [0.15, 0.2) is 0 Å². The molecule has 2 nitrogen and oxygen atoms in total. The highest BCUT2D eigenvalue weighted by molar-refractivity contribution is 5.37. The van der Waals surface area contributed by atoms with Crippen LogP contribution in [0.25, 0.3) is 0 Å². The Morgan fingerprint density at radius 2 is 2.21 bits per heavy atom. The standard InChI is InChI=1S/C11H13FO2/c1-11(2)10(13)6-7-5-8(12)3-4-9(7)14-11/h3-5,10,13H,6H2,1-2H3/t10-/m0/s1. The highest BCUT2D eigenvalue weighted by atomic mass is 19.1. The van der Waals surface area contributed by atoms with E-state index in [1.165, 1.54) is 12.1 Å². The smallest absolute Gasteiger partial charge is 0.129 e. The van der Waals surface area contributed by atoms with Gasteiger partial charge in [0, 0.05) is 6.42 Å². The average molecular weight is 196 g/mol. The summed E-state index contributed by atoms with van der Waals surface area (Å²) in [6.07, 6.45) is -0.142. The van der Waals surface area contributed by atoms with E-state index in [-0.39, 0.29) is 5.82 Å². The van der Waals surface area contributed by atoms with Gasteiger partial charge in [-0.05, 0) is 37.6 Å². The van der Waals surface area contributed by atoms with Gasteiger partial charge in [-0.2, -0.15) is 0 Å². The van der Waals surface area contributed by atoms with E-state index in [0.717, 1.165) is 5.56 Å². The predicted octanol–water partition coefficient (Wildman–Crippen LogP) is 1.90. The SMILES string of the molecule is CC1(C)Oc2ccc(F)cc2C[C@@H]1O. The Morgan fingerprint density at radius 1 is 1.50 bits per heavy atom. The van der Waals surface area contributed by atoms with Gasteiger partial charge in [0.1, 0.15) is 17.2 Å². The van der Waals surface area contributed by atoms with Crippen LogP contribution in [0.3, 0.4) is 0 Å². The third kappa shape index (κ3) is 1.48. The van der Waals surface area contributed by atoms with Crippen molar-refractivity contribution >= 4 is 0 Å². The number of fused-ring (bicyclic) bond motifs is 1. The molecule has 0 saturated heterocycles. The molecule has 0 saturated carbocycles. The highest BCUT2D eigenvalue weighted by Crippen LogP contribution is 2.33. The van der Waals surface area contributed by atoms with Crippen LogP contribution in [0.1, 0.15) is 19.4 Å². The van der Waals surface area contributed by atoms with E-state index in [4.69, 9.17) is 4.74 Å². The minimum Gasteiger partial charge on any atom is -0.485 e. The van der Waals surface area contributed by atoms with Crippen molar-refractivity contribution in [3.63, 3.8) is 0 Å². The van der Waals surface area contributed by atoms with Gasteiger partial charge in [-0.15, -0.1) is 0 Å². The molecule has 0 aliphatic carbocycles. The highest BCUT2D eigenvalue weighted by Gasteiger charge is 2.35. The van der Waals surface area contributed by atoms with E-state index < -0.39 is 11.7 Å². The maximum atomic E-state index is 12.9. The van der Waals surface area contributed by atoms with Gasteiger partial charge in [0.25, 0.3) is 0 Å². The molecule has 3 heteroatoms. The molecule has 1 atom stereocenters. The van der Waals surface area contributed by atoms with Crippen LogP contribution in [0, 0.1) is 5.82 Å². The van der Waals surface area contributed by atoms with Gasteiger partial charge in [-0.25, -0.2) is 4.39 Å². The maximum Gasteiger partial charge on any atom is 0.129 e. The molecule has 0 spiro atoms. The lowest BCUT2D eigenvalue weighted by Gasteiger charge is -2.36. The van der Waals surface area contributed by atoms with Gasteiger partial charge >= 0.3 is 0 Å². The Morgan fingerprint density at radius 3 is 2.93 bits per heavy atom. The third-order valence-corrected chi connectivity index (χ3v) is 2.61. The number of halogens is 1. The average Bonchev–Trinajstić information content (AvgIpc) is 2.08. The molecule has 0 radical (unpaired) electrons. The molecule has 0 bridgehead atoms. The summed E-state index contributed by atoms with van der Waals surface area (Å²) in [5.74, 6) is 0.376. The molecule has 1 aromatic rings. The normalized spacial score (nSPS) is 23.9. The molecule has 1 aliphatic rings. The largest absolute Gasteiger partial charge is 0.485 e. The van der Waals surface area contributed by atoms with Crippen molar-refractivity contribution in [3.8, 4) is 5.75 Å². The Bertz CT molecular complexity index is 360. The van der Waals surface area contributed by atoms with Crippen molar-refractivity contribution in [2.24, 2.45) is 0 Å². The van der Waals surface area contributed by atoms with Crippen LogP contribution in [-0.2, 0) is 6.42 Å². The molecule has 14 heavy (non-hydrogen) atoms. The van der Waals surface area contributed by atoms with Crippen LogP contribution >= 0.6 is 0 Å². The monoisotopic (exact) mass is 196 g/mol. The van der Waals surface area contributed by atoms with E-state index in [2.05, 4.69) is 0 Å². The molecular weight excluding hydrogens is 183 g/mol. The first-order chi connectivity index (χ1) is 6.49. The van der Waals surface area contributed by atoms with E-state index in [0.29, 0.717) is 12.2 Å². The van der Waals surface area contributed by atoms with Gasteiger partial charge in [-0.3, -0.25) is 0 Å². The van der Waals surface area contributed by atoms with Crippen molar-refractivity contribution in [2.45, 2.75) is 32.0 Å². The first-order valence-electron chi connectivity index (χ1n) is 4.64. The van der Waals surface area contributed by atoms with Crippen molar-refractivity contribution in [1.82, 2.24) is 0 Å². The summed E-state index contributed by atoms with van der Waals surface area (Å²) in [6.45, 7) is 3.65. The molecule has 0 fully saturated rings. The fourth-order valence-corrected chi connectivity index (χ4v) is 1.61. The first kappa shape index (κ1) is 9.46. The van der Waals surface area contributed by atoms with E-state index in [1.54, 1.807) is 6.07 Å². The minimum atomic E-state index is -0.592. The molecule has 0 unspecified atom stereocenters. The molecule has 1 aromatic carbocycles. The summed E-state index contributed by atoms with van der Waals surface area (Å²) in [5, 5.41) is 9.73. The van der Waals surface area contributed by atoms with Gasteiger partial charge < -0.3 is 9.84 Å². The summed E-state index contributed by atoms with van der Waals surface area (Å²) in [4.78, 5) is 0. The minimum absolute atomic E-state index is 0.292. The number of rotatable bonds is 0. The zero-order valence-electron chi connectivity index (χ0n) is 8.25. The van der Waals surface area contributed by atoms with Crippen molar-refractivity contribution in [3.05, 3.63) is 29.6 Å². The van der Waals surface area contributed by atoms with Crippen molar-refractivity contribution in [1.29, 1.82) is 0 Å². The van der Waals surface area contributed by atoms with Gasteiger partial charge in [-0.1, -0.05) is 0 Å². The number of hydrogen-bond acceptors (Lipinski definition) is 2. The Labute approximate surface area is 82.3 Å². The summed E-state index contributed by atoms with van der Waals surface area (Å²) in [6, 6.07) is 4.39. The fraction of sp³-hybridized carbons (Fsp3) is 0.455. The zero-order valence-corrected chi connectivity index (χ0v) is 8.25. The lowest BCUT2D eigenvalue weighted by Crippen LogP contribution is -2.46. The topological polar surface area (TPSA) is 29.5 Å². The van der Waals surface area contributed by atoms with Crippen LogP contribution in [0.4, 0.5) is 4.39 Å². The predicted molar refractivity (Wildman–Crippen MR) is 50.8 cm³/mol. The second-order valence-corrected chi connectivity index (χ2v) is 4.18. The molecule has 0 amide bonds. The van der Waals surface area contributed by atoms with Crippen LogP contribution in [0.15, 0.2) is 18.2 Å². The van der Waals surface area contributed by atoms with E-state index in [1.807, 2.05) is 13.8 Å². The molecule has 76 valence electrons. The van der Waals surface area contributed by atoms with Crippen LogP contribution in [0.2, 0.25) is 0 Å². The molecule has 1 heterocycles. The van der Waals surface area contributed by atoms with Crippen molar-refractivity contribution in [2.75, 3.05) is 0 Å². The fourth-order valence-electron chi connectivity index (χ4n) is 1.61. The van der Waals surface area contributed by atoms with Crippen LogP contribution < -0.4 is 4.74 Å². The summed E-state index contributed by atoms with van der Waals surface area (Å²) < 4.78 is 18.4. The quantitative estimate of drug-likeness (QED) is 0.686. The maximum absolute atomic E-state index is 12.9. The Hall–Kier alpha value is -1.09. The van der Waals surface area contributed by atoms with Crippen molar-refractivity contribution < 1.29 is 14.2 Å². The summed E-state index contributed by atoms with van der Waals surface area (Å²) in [7, 11) is 0. The first-order valence-corrected chi connectivity index (χ1v) is 4.64. The Kier molecular flexibility index (Phi) is 2.00. The van der Waals surface area contributed by atoms with Crippen LogP contribution in [0.5, 0.6) is 5.75 Å². The molecule has 0 aromatic heterocycles. The molecule has 2 rings (SSSR count). The third-order valence-electron chi connectivity index (χ3n) is 2.61. The number of aliphatic hydroxyl groups is 1. The van der Waals surface area contributed by atoms with E-state index in [9.17, 15) is 9.50 Å². The number of aliphatic hydroxyl groups excluding tert-OH is 1. The second-order valence-electron chi connectivity index (χ2n) is 4.18. The number of ether oxygens (including phenoxy) is 1. The molecule has 1 aliphatic heterocycles. The summed E-state index contributed by atoms with van der Waals surface area (Å²) in [5.41, 5.74) is 0.141. The van der Waals surface area contributed by atoms with E-state index >= 15 is 0 Å². The lowest BCUT2D eigenvalue weighted by molar-refractivity contribution is -0.0412. The number of benzene rings is 1. The van der Waals surface area contributed by atoms with Gasteiger partial charge in [0.05, 0.1) is 6.10 Å². The van der Waals surface area contributed by atoms with Crippen LogP contribution in [-0.4, -0.2) is 16.8 Å². The number of hydrogen-bond donors (Lipinski definition) is 1. The Balaban J connectivity index is 2.41. The lowest BCUT2D eigenvalue weighted by atomic mass is 9.91. The molecular formula is C11H13FO2. The second kappa shape index (κ2) is 2.95.